The highest BCUT2D eigenvalue weighted by Crippen LogP contribution is 2.25. The summed E-state index contributed by atoms with van der Waals surface area (Å²) in [4.78, 5) is 0. The highest BCUT2D eigenvalue weighted by molar-refractivity contribution is 14.1. The van der Waals surface area contributed by atoms with Crippen LogP contribution in [0.5, 0.6) is 0 Å². The van der Waals surface area contributed by atoms with Gasteiger partial charge in [-0.25, -0.2) is 0 Å². The summed E-state index contributed by atoms with van der Waals surface area (Å²) in [6.07, 6.45) is 4.33. The first-order valence-electron chi connectivity index (χ1n) is 6.60. The van der Waals surface area contributed by atoms with Crippen molar-refractivity contribution < 1.29 is 5.11 Å². The number of hydrogen-bond donors (Lipinski definition) is 1. The Balaban J connectivity index is 2.03. The average Bonchev–Trinajstić information content (AvgIpc) is 3.00. The molecule has 0 bridgehead atoms. The number of aromatic nitrogens is 2. The summed E-state index contributed by atoms with van der Waals surface area (Å²) in [5.74, 6) is 0. The second-order valence-corrected chi connectivity index (χ2v) is 7.47. The molecule has 2 aromatic rings. The van der Waals surface area contributed by atoms with Gasteiger partial charge in [0, 0.05) is 12.6 Å². The Bertz CT molecular complexity index is 519. The third kappa shape index (κ3) is 3.79. The Kier molecular flexibility index (Phi) is 5.41. The average molecular weight is 390 g/mol. The lowest BCUT2D eigenvalue weighted by molar-refractivity contribution is 0.177. The van der Waals surface area contributed by atoms with Crippen molar-refractivity contribution in [3.63, 3.8) is 0 Å². The largest absolute Gasteiger partial charge is 0.388 e. The number of hydrogen-bond acceptors (Lipinski definition) is 3. The van der Waals surface area contributed by atoms with Gasteiger partial charge in [0.2, 0.25) is 0 Å². The molecule has 0 aliphatic carbocycles. The zero-order valence-corrected chi connectivity index (χ0v) is 14.2. The number of halogens is 1. The van der Waals surface area contributed by atoms with Gasteiger partial charge in [0.25, 0.3) is 0 Å². The molecule has 0 saturated carbocycles. The van der Waals surface area contributed by atoms with Crippen molar-refractivity contribution in [1.82, 2.24) is 9.78 Å². The second-order valence-electron chi connectivity index (χ2n) is 4.66. The lowest BCUT2D eigenvalue weighted by atomic mass is 10.1. The Morgan fingerprint density at radius 2 is 2.16 bits per heavy atom. The van der Waals surface area contributed by atoms with E-state index in [2.05, 4.69) is 41.5 Å². The van der Waals surface area contributed by atoms with Crippen LogP contribution in [-0.2, 0) is 6.42 Å². The third-order valence-corrected chi connectivity index (χ3v) is 5.16. The molecule has 1 unspecified atom stereocenters. The summed E-state index contributed by atoms with van der Waals surface area (Å²) >= 11 is 3.94. The molecule has 2 heterocycles. The molecule has 0 fully saturated rings. The minimum atomic E-state index is -0.454. The van der Waals surface area contributed by atoms with Gasteiger partial charge in [-0.1, -0.05) is 13.8 Å². The van der Waals surface area contributed by atoms with Crippen LogP contribution < -0.4 is 0 Å². The van der Waals surface area contributed by atoms with Crippen LogP contribution >= 0.6 is 33.9 Å². The van der Waals surface area contributed by atoms with Gasteiger partial charge >= 0.3 is 0 Å². The Hall–Kier alpha value is -0.400. The molecule has 0 radical (unpaired) electrons. The molecule has 1 atom stereocenters. The predicted molar refractivity (Wildman–Crippen MR) is 87.5 cm³/mol. The topological polar surface area (TPSA) is 38.0 Å². The number of thiophene rings is 1. The molecule has 2 aromatic heterocycles. The van der Waals surface area contributed by atoms with E-state index in [9.17, 15) is 5.11 Å². The van der Waals surface area contributed by atoms with Crippen molar-refractivity contribution in [2.24, 2.45) is 0 Å². The minimum absolute atomic E-state index is 0.454. The molecule has 5 heteroatoms. The van der Waals surface area contributed by atoms with E-state index in [-0.39, 0.29) is 0 Å². The molecule has 19 heavy (non-hydrogen) atoms. The molecule has 0 aliphatic heterocycles. The molecular formula is C14H19IN2OS. The van der Waals surface area contributed by atoms with Crippen molar-refractivity contribution >= 4 is 33.9 Å². The summed E-state index contributed by atoms with van der Waals surface area (Å²) < 4.78 is 3.23. The summed E-state index contributed by atoms with van der Waals surface area (Å²) in [5, 5.41) is 16.8. The van der Waals surface area contributed by atoms with Crippen molar-refractivity contribution in [2.45, 2.75) is 45.3 Å². The van der Waals surface area contributed by atoms with E-state index >= 15 is 0 Å². The first-order valence-corrected chi connectivity index (χ1v) is 8.55. The van der Waals surface area contributed by atoms with E-state index in [1.54, 1.807) is 11.3 Å². The van der Waals surface area contributed by atoms with Crippen molar-refractivity contribution in [3.05, 3.63) is 37.9 Å². The third-order valence-electron chi connectivity index (χ3n) is 3.36. The second kappa shape index (κ2) is 6.85. The molecule has 0 spiro atoms. The number of aliphatic hydroxyl groups excluding tert-OH is 1. The van der Waals surface area contributed by atoms with Crippen LogP contribution in [0.3, 0.4) is 0 Å². The van der Waals surface area contributed by atoms with Crippen LogP contribution in [0.2, 0.25) is 0 Å². The summed E-state index contributed by atoms with van der Waals surface area (Å²) in [6, 6.07) is 4.51. The van der Waals surface area contributed by atoms with E-state index in [4.69, 9.17) is 0 Å². The first-order chi connectivity index (χ1) is 9.13. The zero-order chi connectivity index (χ0) is 13.8. The van der Waals surface area contributed by atoms with Crippen molar-refractivity contribution in [1.29, 1.82) is 0 Å². The zero-order valence-electron chi connectivity index (χ0n) is 11.2. The Morgan fingerprint density at radius 1 is 1.42 bits per heavy atom. The van der Waals surface area contributed by atoms with E-state index in [1.807, 2.05) is 28.4 Å². The number of nitrogens with zero attached hydrogens (tertiary/aromatic N) is 2. The molecule has 3 nitrogen and oxygen atoms in total. The Labute approximate surface area is 131 Å². The van der Waals surface area contributed by atoms with E-state index in [0.29, 0.717) is 12.5 Å². The SMILES string of the molecule is CCC(CC)n1ccc(CC(O)c2csc(I)c2)n1. The van der Waals surface area contributed by atoms with E-state index in [0.717, 1.165) is 24.1 Å². The molecule has 2 rings (SSSR count). The van der Waals surface area contributed by atoms with Gasteiger partial charge < -0.3 is 5.11 Å². The summed E-state index contributed by atoms with van der Waals surface area (Å²) in [5.41, 5.74) is 1.95. The van der Waals surface area contributed by atoms with E-state index < -0.39 is 6.10 Å². The summed E-state index contributed by atoms with van der Waals surface area (Å²) in [6.45, 7) is 4.36. The van der Waals surface area contributed by atoms with Crippen LogP contribution in [0, 0.1) is 2.88 Å². The van der Waals surface area contributed by atoms with Crippen LogP contribution in [0.4, 0.5) is 0 Å². The number of rotatable bonds is 6. The van der Waals surface area contributed by atoms with Gasteiger partial charge in [-0.05, 0) is 58.5 Å². The van der Waals surface area contributed by atoms with E-state index in [1.165, 1.54) is 2.88 Å². The maximum atomic E-state index is 10.2. The van der Waals surface area contributed by atoms with Crippen molar-refractivity contribution in [3.8, 4) is 0 Å². The van der Waals surface area contributed by atoms with Crippen molar-refractivity contribution in [2.75, 3.05) is 0 Å². The quantitative estimate of drug-likeness (QED) is 0.752. The maximum Gasteiger partial charge on any atom is 0.0854 e. The molecule has 0 aliphatic rings. The monoisotopic (exact) mass is 390 g/mol. The molecule has 104 valence electrons. The lowest BCUT2D eigenvalue weighted by Gasteiger charge is -2.12. The van der Waals surface area contributed by atoms with Gasteiger partial charge in [-0.3, -0.25) is 4.68 Å². The molecule has 1 N–H and O–H groups in total. The lowest BCUT2D eigenvalue weighted by Crippen LogP contribution is -2.09. The smallest absolute Gasteiger partial charge is 0.0854 e. The van der Waals surface area contributed by atoms with Gasteiger partial charge in [-0.2, -0.15) is 5.10 Å². The van der Waals surface area contributed by atoms with Gasteiger partial charge in [0.15, 0.2) is 0 Å². The first kappa shape index (κ1) is 15.0. The minimum Gasteiger partial charge on any atom is -0.388 e. The van der Waals surface area contributed by atoms with Crippen LogP contribution in [0.1, 0.15) is 50.1 Å². The fourth-order valence-corrected chi connectivity index (χ4v) is 3.59. The molecule has 0 saturated heterocycles. The standard InChI is InChI=1S/C14H19IN2OS/c1-3-12(4-2)17-6-5-11(16-17)8-13(18)10-7-14(15)19-9-10/h5-7,9,12-13,18H,3-4,8H2,1-2H3. The Morgan fingerprint density at radius 3 is 2.74 bits per heavy atom. The predicted octanol–water partition coefficient (Wildman–Crippen LogP) is 4.19. The maximum absolute atomic E-state index is 10.2. The van der Waals surface area contributed by atoms with Gasteiger partial charge in [-0.15, -0.1) is 11.3 Å². The fraction of sp³-hybridized carbons (Fsp3) is 0.500. The van der Waals surface area contributed by atoms with Gasteiger partial charge in [0.05, 0.1) is 20.7 Å². The van der Waals surface area contributed by atoms with Crippen LogP contribution in [0.25, 0.3) is 0 Å². The van der Waals surface area contributed by atoms with Crippen LogP contribution in [0.15, 0.2) is 23.7 Å². The normalized spacial score (nSPS) is 13.1. The number of aliphatic hydroxyl groups is 1. The molecule has 0 aromatic carbocycles. The van der Waals surface area contributed by atoms with Crippen LogP contribution in [-0.4, -0.2) is 14.9 Å². The summed E-state index contributed by atoms with van der Waals surface area (Å²) in [7, 11) is 0. The van der Waals surface area contributed by atoms with Gasteiger partial charge in [0.1, 0.15) is 0 Å². The fourth-order valence-electron chi connectivity index (χ4n) is 2.17. The molecule has 0 amide bonds. The highest BCUT2D eigenvalue weighted by Gasteiger charge is 2.14. The highest BCUT2D eigenvalue weighted by atomic mass is 127. The molecular weight excluding hydrogens is 371 g/mol.